The van der Waals surface area contributed by atoms with Crippen molar-refractivity contribution in [3.8, 4) is 11.4 Å². The third-order valence-corrected chi connectivity index (χ3v) is 3.90. The number of nitrogens with one attached hydrogen (secondary N) is 1. The quantitative estimate of drug-likeness (QED) is 0.598. The maximum absolute atomic E-state index is 13.1. The summed E-state index contributed by atoms with van der Waals surface area (Å²) < 4.78 is 26.2. The minimum atomic E-state index is -1.15. The van der Waals surface area contributed by atoms with Gasteiger partial charge in [0.05, 0.1) is 34.4 Å². The zero-order chi connectivity index (χ0) is 17.8. The average molecular weight is 403 g/mol. The highest BCUT2D eigenvalue weighted by Crippen LogP contribution is 2.27. The van der Waals surface area contributed by atoms with Crippen molar-refractivity contribution in [2.75, 3.05) is 6.67 Å². The van der Waals surface area contributed by atoms with E-state index >= 15 is 0 Å². The Hall–Kier alpha value is -2.67. The summed E-state index contributed by atoms with van der Waals surface area (Å²) in [6.45, 7) is 2.56. The van der Waals surface area contributed by atoms with Crippen LogP contribution >= 0.6 is 15.9 Å². The number of aromatic amines is 1. The molecular weight excluding hydrogens is 390 g/mol. The number of pyridine rings is 2. The highest BCUT2D eigenvalue weighted by molar-refractivity contribution is 9.10. The fourth-order valence-electron chi connectivity index (χ4n) is 2.30. The Labute approximate surface area is 151 Å². The first-order chi connectivity index (χ1) is 12.1. The van der Waals surface area contributed by atoms with Gasteiger partial charge in [0.2, 0.25) is 0 Å². The molecule has 0 spiro atoms. The Morgan fingerprint density at radius 2 is 2.08 bits per heavy atom. The van der Waals surface area contributed by atoms with Gasteiger partial charge in [0.1, 0.15) is 12.5 Å². The fourth-order valence-corrected chi connectivity index (χ4v) is 2.62. The third kappa shape index (κ3) is 3.71. The second kappa shape index (κ2) is 7.48. The van der Waals surface area contributed by atoms with Crippen LogP contribution in [0, 0.1) is 0 Å². The third-order valence-electron chi connectivity index (χ3n) is 3.46. The number of aromatic nitrogens is 4. The van der Waals surface area contributed by atoms with Gasteiger partial charge in [0, 0.05) is 16.2 Å². The molecule has 0 aliphatic rings. The van der Waals surface area contributed by atoms with Gasteiger partial charge in [-0.2, -0.15) is 0 Å². The molecule has 0 saturated carbocycles. The van der Waals surface area contributed by atoms with Crippen LogP contribution in [0.3, 0.4) is 0 Å². The van der Waals surface area contributed by atoms with E-state index in [0.29, 0.717) is 22.7 Å². The van der Waals surface area contributed by atoms with E-state index in [0.717, 1.165) is 21.6 Å². The van der Waals surface area contributed by atoms with Crippen molar-refractivity contribution in [2.45, 2.75) is 0 Å². The summed E-state index contributed by atoms with van der Waals surface area (Å²) in [6, 6.07) is 5.54. The van der Waals surface area contributed by atoms with Crippen molar-refractivity contribution in [1.29, 1.82) is 0 Å². The largest absolute Gasteiger partial charge is 0.343 e. The first kappa shape index (κ1) is 17.2. The first-order valence-electron chi connectivity index (χ1n) is 7.33. The number of allylic oxidation sites excluding steroid dienone is 5. The van der Waals surface area contributed by atoms with Crippen molar-refractivity contribution in [3.63, 3.8) is 0 Å². The van der Waals surface area contributed by atoms with Crippen LogP contribution in [-0.2, 0) is 0 Å². The molecule has 3 rings (SSSR count). The van der Waals surface area contributed by atoms with Gasteiger partial charge >= 0.3 is 0 Å². The molecule has 0 aliphatic carbocycles. The topological polar surface area (TPSA) is 54.5 Å². The SMILES string of the molecule is C=C/C(=C\C=C(\F)CF)c1nc[nH]c1-c1ccc2ncc(Br)cc2n1. The standard InChI is InChI=1S/C18H13BrF2N4/c1-2-11(3-4-13(21)8-20)17-18(24-10-23-17)15-6-5-14-16(25-15)7-12(19)9-22-14/h2-7,9-10H,1,8H2,(H,23,24)/b11-3+,13-4+. The van der Waals surface area contributed by atoms with Crippen LogP contribution < -0.4 is 0 Å². The number of nitrogens with zero attached hydrogens (tertiary/aromatic N) is 3. The maximum atomic E-state index is 13.1. The summed E-state index contributed by atoms with van der Waals surface area (Å²) in [5.74, 6) is -0.865. The normalized spacial score (nSPS) is 12.6. The van der Waals surface area contributed by atoms with Gasteiger partial charge in [-0.25, -0.2) is 18.7 Å². The molecule has 3 aromatic rings. The lowest BCUT2D eigenvalue weighted by atomic mass is 10.1. The molecule has 3 aromatic heterocycles. The molecule has 25 heavy (non-hydrogen) atoms. The van der Waals surface area contributed by atoms with E-state index in [1.54, 1.807) is 6.20 Å². The molecule has 0 radical (unpaired) electrons. The minimum Gasteiger partial charge on any atom is -0.343 e. The van der Waals surface area contributed by atoms with Gasteiger partial charge in [-0.1, -0.05) is 18.7 Å². The van der Waals surface area contributed by atoms with Gasteiger partial charge in [-0.3, -0.25) is 4.98 Å². The molecule has 0 fully saturated rings. The molecule has 0 amide bonds. The van der Waals surface area contributed by atoms with Gasteiger partial charge in [-0.15, -0.1) is 0 Å². The predicted octanol–water partition coefficient (Wildman–Crippen LogP) is 5.17. The van der Waals surface area contributed by atoms with E-state index in [2.05, 4.69) is 42.4 Å². The number of halogens is 3. The summed E-state index contributed by atoms with van der Waals surface area (Å²) in [7, 11) is 0. The highest BCUT2D eigenvalue weighted by Gasteiger charge is 2.13. The Morgan fingerprint density at radius 1 is 1.24 bits per heavy atom. The number of imidazole rings is 1. The summed E-state index contributed by atoms with van der Waals surface area (Å²) in [4.78, 5) is 16.2. The number of rotatable bonds is 5. The molecular formula is C18H13BrF2N4. The predicted molar refractivity (Wildman–Crippen MR) is 98.2 cm³/mol. The number of fused-ring (bicyclic) bond motifs is 1. The van der Waals surface area contributed by atoms with Crippen LogP contribution in [0.25, 0.3) is 28.0 Å². The van der Waals surface area contributed by atoms with E-state index in [4.69, 9.17) is 0 Å². The van der Waals surface area contributed by atoms with Crippen LogP contribution in [0.15, 0.2) is 65.8 Å². The second-order valence-electron chi connectivity index (χ2n) is 5.09. The van der Waals surface area contributed by atoms with Gasteiger partial charge in [0.25, 0.3) is 0 Å². The van der Waals surface area contributed by atoms with E-state index in [9.17, 15) is 8.78 Å². The van der Waals surface area contributed by atoms with Crippen LogP contribution in [-0.4, -0.2) is 26.6 Å². The lowest BCUT2D eigenvalue weighted by Crippen LogP contribution is -1.92. The molecule has 0 bridgehead atoms. The van der Waals surface area contributed by atoms with E-state index in [1.165, 1.54) is 18.5 Å². The van der Waals surface area contributed by atoms with Crippen LogP contribution in [0.5, 0.6) is 0 Å². The zero-order valence-corrected chi connectivity index (χ0v) is 14.6. The van der Waals surface area contributed by atoms with E-state index < -0.39 is 12.5 Å². The lowest BCUT2D eigenvalue weighted by molar-refractivity contribution is 0.459. The molecule has 7 heteroatoms. The highest BCUT2D eigenvalue weighted by atomic mass is 79.9. The Balaban J connectivity index is 2.08. The molecule has 0 unspecified atom stereocenters. The fraction of sp³-hybridized carbons (Fsp3) is 0.0556. The van der Waals surface area contributed by atoms with Crippen molar-refractivity contribution >= 4 is 32.5 Å². The molecule has 3 heterocycles. The van der Waals surface area contributed by atoms with E-state index in [1.807, 2.05) is 18.2 Å². The minimum absolute atomic E-state index is 0.549. The number of hydrogen-bond donors (Lipinski definition) is 1. The molecule has 1 N–H and O–H groups in total. The summed E-state index contributed by atoms with van der Waals surface area (Å²) in [6.07, 6.45) is 7.24. The average Bonchev–Trinajstić information content (AvgIpc) is 3.11. The second-order valence-corrected chi connectivity index (χ2v) is 6.00. The molecule has 0 aromatic carbocycles. The van der Waals surface area contributed by atoms with Crippen molar-refractivity contribution < 1.29 is 8.78 Å². The summed E-state index contributed by atoms with van der Waals surface area (Å²) in [5.41, 5.74) is 3.90. The Morgan fingerprint density at radius 3 is 2.84 bits per heavy atom. The monoisotopic (exact) mass is 402 g/mol. The molecule has 4 nitrogen and oxygen atoms in total. The molecule has 0 aliphatic heterocycles. The number of hydrogen-bond acceptors (Lipinski definition) is 3. The van der Waals surface area contributed by atoms with Crippen molar-refractivity contribution in [3.05, 3.63) is 71.5 Å². The van der Waals surface area contributed by atoms with Crippen LogP contribution in [0.1, 0.15) is 5.69 Å². The van der Waals surface area contributed by atoms with Gasteiger partial charge in [0.15, 0.2) is 0 Å². The number of alkyl halides is 1. The number of H-pyrrole nitrogens is 1. The van der Waals surface area contributed by atoms with Crippen LogP contribution in [0.4, 0.5) is 8.78 Å². The first-order valence-corrected chi connectivity index (χ1v) is 8.13. The zero-order valence-electron chi connectivity index (χ0n) is 13.0. The van der Waals surface area contributed by atoms with Crippen molar-refractivity contribution in [1.82, 2.24) is 19.9 Å². The van der Waals surface area contributed by atoms with Gasteiger partial charge < -0.3 is 4.98 Å². The lowest BCUT2D eigenvalue weighted by Gasteiger charge is -2.05. The summed E-state index contributed by atoms with van der Waals surface area (Å²) in [5, 5.41) is 0. The maximum Gasteiger partial charge on any atom is 0.141 e. The molecule has 126 valence electrons. The van der Waals surface area contributed by atoms with Crippen LogP contribution in [0.2, 0.25) is 0 Å². The van der Waals surface area contributed by atoms with Gasteiger partial charge in [-0.05, 0) is 40.2 Å². The van der Waals surface area contributed by atoms with E-state index in [-0.39, 0.29) is 0 Å². The Bertz CT molecular complexity index is 992. The molecule has 0 saturated heterocycles. The molecule has 0 atom stereocenters. The smallest absolute Gasteiger partial charge is 0.141 e. The van der Waals surface area contributed by atoms with Crippen molar-refractivity contribution in [2.24, 2.45) is 0 Å². The summed E-state index contributed by atoms with van der Waals surface area (Å²) >= 11 is 3.38. The Kier molecular flexibility index (Phi) is 5.14.